The van der Waals surface area contributed by atoms with E-state index in [2.05, 4.69) is 0 Å². The molecule has 4 rings (SSSR count). The largest absolute Gasteiger partial charge is 0.400 e. The fourth-order valence-corrected chi connectivity index (χ4v) is 6.80. The summed E-state index contributed by atoms with van der Waals surface area (Å²) in [5, 5.41) is -4.69. The molecule has 0 saturated heterocycles. The standard InChI is InChI=1S/C14H19F3O3S/c15-13(14(16,17)21(18,19)20)10-5-8-4-9(10)12-7-2-1-6(3-7)11(8)12/h6-13H,1-5H2,(H,18,19,20). The highest BCUT2D eigenvalue weighted by molar-refractivity contribution is 7.86. The van der Waals surface area contributed by atoms with Crippen LogP contribution in [0.3, 0.4) is 0 Å². The molecule has 0 aliphatic heterocycles. The Balaban J connectivity index is 1.60. The van der Waals surface area contributed by atoms with E-state index in [0.29, 0.717) is 30.1 Å². The van der Waals surface area contributed by atoms with Gasteiger partial charge in [-0.3, -0.25) is 4.55 Å². The summed E-state index contributed by atoms with van der Waals surface area (Å²) in [4.78, 5) is 0. The Morgan fingerprint density at radius 3 is 2.24 bits per heavy atom. The Morgan fingerprint density at radius 1 is 1.00 bits per heavy atom. The number of hydrogen-bond acceptors (Lipinski definition) is 2. The molecule has 8 atom stereocenters. The van der Waals surface area contributed by atoms with Gasteiger partial charge in [0, 0.05) is 5.92 Å². The lowest BCUT2D eigenvalue weighted by Gasteiger charge is -2.40. The van der Waals surface area contributed by atoms with Crippen molar-refractivity contribution in [2.45, 2.75) is 43.5 Å². The predicted octanol–water partition coefficient (Wildman–Crippen LogP) is 3.12. The molecule has 4 saturated carbocycles. The highest BCUT2D eigenvalue weighted by atomic mass is 32.2. The van der Waals surface area contributed by atoms with E-state index in [1.54, 1.807) is 0 Å². The smallest absolute Gasteiger partial charge is 0.281 e. The van der Waals surface area contributed by atoms with Gasteiger partial charge in [0.1, 0.15) is 0 Å². The first-order valence-electron chi connectivity index (χ1n) is 7.70. The summed E-state index contributed by atoms with van der Waals surface area (Å²) in [5.74, 6) is 1.28. The summed E-state index contributed by atoms with van der Waals surface area (Å²) in [7, 11) is -5.70. The van der Waals surface area contributed by atoms with E-state index >= 15 is 0 Å². The van der Waals surface area contributed by atoms with Crippen LogP contribution in [0.4, 0.5) is 13.2 Å². The van der Waals surface area contributed by atoms with Crippen LogP contribution in [0.1, 0.15) is 32.1 Å². The molecule has 8 unspecified atom stereocenters. The Kier molecular flexibility index (Phi) is 2.83. The summed E-state index contributed by atoms with van der Waals surface area (Å²) in [6.45, 7) is 0. The average Bonchev–Trinajstić information content (AvgIpc) is 3.13. The molecule has 0 aromatic carbocycles. The van der Waals surface area contributed by atoms with Gasteiger partial charge in [0.15, 0.2) is 6.17 Å². The van der Waals surface area contributed by atoms with Gasteiger partial charge < -0.3 is 0 Å². The zero-order chi connectivity index (χ0) is 15.2. The van der Waals surface area contributed by atoms with Gasteiger partial charge in [-0.05, 0) is 67.6 Å². The van der Waals surface area contributed by atoms with Gasteiger partial charge in [-0.2, -0.15) is 17.2 Å². The fraction of sp³-hybridized carbons (Fsp3) is 1.00. The van der Waals surface area contributed by atoms with Crippen LogP contribution in [0.15, 0.2) is 0 Å². The fourth-order valence-electron chi connectivity index (χ4n) is 6.34. The maximum Gasteiger partial charge on any atom is 0.400 e. The molecule has 0 amide bonds. The van der Waals surface area contributed by atoms with Crippen LogP contribution in [0.5, 0.6) is 0 Å². The molecule has 4 aliphatic rings. The summed E-state index contributed by atoms with van der Waals surface area (Å²) in [6.07, 6.45) is 1.77. The molecule has 4 aliphatic carbocycles. The van der Waals surface area contributed by atoms with Gasteiger partial charge in [-0.1, -0.05) is 0 Å². The van der Waals surface area contributed by atoms with Gasteiger partial charge in [-0.25, -0.2) is 4.39 Å². The summed E-state index contributed by atoms with van der Waals surface area (Å²) >= 11 is 0. The quantitative estimate of drug-likeness (QED) is 0.641. The van der Waals surface area contributed by atoms with Crippen molar-refractivity contribution in [3.05, 3.63) is 0 Å². The molecule has 120 valence electrons. The molecule has 4 bridgehead atoms. The van der Waals surface area contributed by atoms with Crippen LogP contribution in [0.2, 0.25) is 0 Å². The highest BCUT2D eigenvalue weighted by Crippen LogP contribution is 2.69. The van der Waals surface area contributed by atoms with E-state index in [1.807, 2.05) is 0 Å². The molecule has 0 radical (unpaired) electrons. The van der Waals surface area contributed by atoms with Crippen molar-refractivity contribution >= 4 is 10.1 Å². The van der Waals surface area contributed by atoms with E-state index in [1.165, 1.54) is 6.42 Å². The third-order valence-corrected chi connectivity index (χ3v) is 7.74. The van der Waals surface area contributed by atoms with Crippen LogP contribution in [0, 0.1) is 41.4 Å². The zero-order valence-electron chi connectivity index (χ0n) is 11.5. The van der Waals surface area contributed by atoms with Crippen LogP contribution in [-0.2, 0) is 10.1 Å². The maximum atomic E-state index is 14.2. The molecule has 0 aromatic heterocycles. The average molecular weight is 324 g/mol. The minimum Gasteiger partial charge on any atom is -0.281 e. The predicted molar refractivity (Wildman–Crippen MR) is 68.9 cm³/mol. The first-order chi connectivity index (χ1) is 9.72. The lowest BCUT2D eigenvalue weighted by molar-refractivity contribution is -0.0576. The Morgan fingerprint density at radius 2 is 1.62 bits per heavy atom. The summed E-state index contributed by atoms with van der Waals surface area (Å²) in [6, 6.07) is 0. The van der Waals surface area contributed by atoms with Crippen molar-refractivity contribution in [3.63, 3.8) is 0 Å². The first-order valence-corrected chi connectivity index (χ1v) is 9.14. The molecule has 7 heteroatoms. The van der Waals surface area contributed by atoms with Crippen LogP contribution in [0.25, 0.3) is 0 Å². The monoisotopic (exact) mass is 324 g/mol. The van der Waals surface area contributed by atoms with Crippen molar-refractivity contribution < 1.29 is 26.1 Å². The lowest BCUT2D eigenvalue weighted by atomic mass is 9.66. The Labute approximate surface area is 122 Å². The van der Waals surface area contributed by atoms with Crippen molar-refractivity contribution in [3.8, 4) is 0 Å². The summed E-state index contributed by atoms with van der Waals surface area (Å²) < 4.78 is 71.7. The highest BCUT2D eigenvalue weighted by Gasteiger charge is 2.67. The lowest BCUT2D eigenvalue weighted by Crippen LogP contribution is -2.47. The second-order valence-corrected chi connectivity index (χ2v) is 8.98. The normalized spacial score (nSPS) is 49.6. The third-order valence-electron chi connectivity index (χ3n) is 6.83. The van der Waals surface area contributed by atoms with Crippen LogP contribution in [-0.4, -0.2) is 24.4 Å². The second-order valence-electron chi connectivity index (χ2n) is 7.49. The van der Waals surface area contributed by atoms with E-state index < -0.39 is 27.5 Å². The molecule has 1 N–H and O–H groups in total. The van der Waals surface area contributed by atoms with Gasteiger partial charge in [0.25, 0.3) is 0 Å². The van der Waals surface area contributed by atoms with Crippen LogP contribution >= 0.6 is 0 Å². The van der Waals surface area contributed by atoms with Gasteiger partial charge in [-0.15, -0.1) is 0 Å². The SMILES string of the molecule is O=S(=O)(O)C(F)(F)C(F)C1CC2CC1C1C3CCC(C3)C21. The number of hydrogen-bond donors (Lipinski definition) is 1. The number of rotatable bonds is 3. The number of halogens is 3. The molecule has 0 spiro atoms. The summed E-state index contributed by atoms with van der Waals surface area (Å²) in [5.41, 5.74) is 0. The molecular formula is C14H19F3O3S. The van der Waals surface area contributed by atoms with Crippen molar-refractivity contribution in [2.24, 2.45) is 41.4 Å². The number of fused-ring (bicyclic) bond motifs is 9. The first kappa shape index (κ1) is 14.3. The van der Waals surface area contributed by atoms with Gasteiger partial charge in [0.05, 0.1) is 0 Å². The molecule has 0 heterocycles. The zero-order valence-corrected chi connectivity index (χ0v) is 12.3. The Hall–Kier alpha value is -0.300. The van der Waals surface area contributed by atoms with E-state index in [-0.39, 0.29) is 11.8 Å². The van der Waals surface area contributed by atoms with Gasteiger partial charge >= 0.3 is 15.4 Å². The molecule has 0 aromatic rings. The molecule has 4 fully saturated rings. The topological polar surface area (TPSA) is 54.4 Å². The van der Waals surface area contributed by atoms with E-state index in [0.717, 1.165) is 19.3 Å². The van der Waals surface area contributed by atoms with Crippen LogP contribution < -0.4 is 0 Å². The maximum absolute atomic E-state index is 14.2. The van der Waals surface area contributed by atoms with E-state index in [9.17, 15) is 21.6 Å². The van der Waals surface area contributed by atoms with Crippen molar-refractivity contribution in [1.82, 2.24) is 0 Å². The minimum absolute atomic E-state index is 0.127. The third kappa shape index (κ3) is 1.73. The minimum atomic E-state index is -5.70. The van der Waals surface area contributed by atoms with Crippen molar-refractivity contribution in [1.29, 1.82) is 0 Å². The van der Waals surface area contributed by atoms with Crippen molar-refractivity contribution in [2.75, 3.05) is 0 Å². The van der Waals surface area contributed by atoms with E-state index in [4.69, 9.17) is 4.55 Å². The molecular weight excluding hydrogens is 305 g/mol. The van der Waals surface area contributed by atoms with Gasteiger partial charge in [0.2, 0.25) is 0 Å². The molecule has 3 nitrogen and oxygen atoms in total. The Bertz CT molecular complexity index is 564. The number of alkyl halides is 3. The second kappa shape index (κ2) is 4.16. The molecule has 21 heavy (non-hydrogen) atoms.